The number of piperidine rings is 2. The average molecular weight is 438 g/mol. The Labute approximate surface area is 185 Å². The molecule has 0 spiro atoms. The molecule has 5 rings (SSSR count). The standard InChI is InChI=1S/C22H27N7O3/c30-20-4-3-19(21(31)25-20)28-12-15-9-14(1-2-18(15)22(28)32)10-24-11-16-13-29(27-26-16)17-5-7-23-8-6-17/h1-2,9,13,17,19,23-24H,3-8,10-12H2,(H,25,30,31). The summed E-state index contributed by atoms with van der Waals surface area (Å²) in [5.74, 6) is -0.815. The van der Waals surface area contributed by atoms with Gasteiger partial charge in [0, 0.05) is 31.6 Å². The molecular formula is C22H27N7O3. The molecule has 1 aromatic carbocycles. The van der Waals surface area contributed by atoms with Crippen molar-refractivity contribution in [2.45, 2.75) is 57.4 Å². The van der Waals surface area contributed by atoms with E-state index in [2.05, 4.69) is 26.3 Å². The second-order valence-electron chi connectivity index (χ2n) is 8.67. The molecule has 168 valence electrons. The van der Waals surface area contributed by atoms with Gasteiger partial charge in [-0.25, -0.2) is 4.68 Å². The molecule has 0 saturated carbocycles. The fourth-order valence-electron chi connectivity index (χ4n) is 4.72. The number of carbonyl (C=O) groups excluding carboxylic acids is 3. The number of aromatic nitrogens is 3. The number of carbonyl (C=O) groups is 3. The fourth-order valence-corrected chi connectivity index (χ4v) is 4.72. The second-order valence-corrected chi connectivity index (χ2v) is 8.67. The van der Waals surface area contributed by atoms with Crippen LogP contribution in [0.4, 0.5) is 0 Å². The van der Waals surface area contributed by atoms with Crippen LogP contribution in [0.2, 0.25) is 0 Å². The Morgan fingerprint density at radius 3 is 2.75 bits per heavy atom. The Morgan fingerprint density at radius 1 is 1.09 bits per heavy atom. The normalized spacial score (nSPS) is 21.7. The molecule has 1 unspecified atom stereocenters. The maximum absolute atomic E-state index is 12.8. The number of nitrogens with one attached hydrogen (secondary N) is 3. The molecule has 3 aliphatic rings. The average Bonchev–Trinajstić information content (AvgIpc) is 3.39. The van der Waals surface area contributed by atoms with Crippen molar-refractivity contribution in [2.24, 2.45) is 0 Å². The van der Waals surface area contributed by atoms with Crippen molar-refractivity contribution >= 4 is 17.7 Å². The van der Waals surface area contributed by atoms with Gasteiger partial charge in [0.2, 0.25) is 11.8 Å². The lowest BCUT2D eigenvalue weighted by Gasteiger charge is -2.29. The third kappa shape index (κ3) is 4.15. The van der Waals surface area contributed by atoms with Crippen LogP contribution in [0.1, 0.15) is 58.9 Å². The molecule has 10 nitrogen and oxygen atoms in total. The van der Waals surface area contributed by atoms with Crippen molar-refractivity contribution in [1.29, 1.82) is 0 Å². The van der Waals surface area contributed by atoms with Gasteiger partial charge in [-0.2, -0.15) is 0 Å². The van der Waals surface area contributed by atoms with Crippen LogP contribution in [0.15, 0.2) is 24.4 Å². The molecule has 0 aliphatic carbocycles. The summed E-state index contributed by atoms with van der Waals surface area (Å²) in [5, 5.41) is 17.7. The van der Waals surface area contributed by atoms with Gasteiger partial charge in [0.25, 0.3) is 5.91 Å². The fraction of sp³-hybridized carbons (Fsp3) is 0.500. The zero-order valence-corrected chi connectivity index (χ0v) is 17.8. The van der Waals surface area contributed by atoms with Crippen LogP contribution in [-0.2, 0) is 29.2 Å². The summed E-state index contributed by atoms with van der Waals surface area (Å²) in [4.78, 5) is 38.0. The summed E-state index contributed by atoms with van der Waals surface area (Å²) in [6.07, 6.45) is 4.78. The predicted octanol–water partition coefficient (Wildman–Crippen LogP) is 0.253. The lowest BCUT2D eigenvalue weighted by molar-refractivity contribution is -0.136. The second kappa shape index (κ2) is 8.79. The van der Waals surface area contributed by atoms with E-state index in [1.165, 1.54) is 0 Å². The van der Waals surface area contributed by atoms with E-state index in [4.69, 9.17) is 0 Å². The predicted molar refractivity (Wildman–Crippen MR) is 114 cm³/mol. The highest BCUT2D eigenvalue weighted by molar-refractivity contribution is 6.05. The molecule has 10 heteroatoms. The van der Waals surface area contributed by atoms with Gasteiger partial charge >= 0.3 is 0 Å². The quantitative estimate of drug-likeness (QED) is 0.554. The minimum absolute atomic E-state index is 0.150. The SMILES string of the molecule is O=C1CCC(N2Cc3cc(CNCc4cn(C5CCNCC5)nn4)ccc3C2=O)C(=O)N1. The Hall–Kier alpha value is -3.11. The molecule has 2 fully saturated rings. The van der Waals surface area contributed by atoms with Crippen LogP contribution < -0.4 is 16.0 Å². The molecule has 1 atom stereocenters. The van der Waals surface area contributed by atoms with Crippen molar-refractivity contribution in [3.63, 3.8) is 0 Å². The smallest absolute Gasteiger partial charge is 0.255 e. The molecule has 32 heavy (non-hydrogen) atoms. The third-order valence-corrected chi connectivity index (χ3v) is 6.46. The van der Waals surface area contributed by atoms with E-state index >= 15 is 0 Å². The summed E-state index contributed by atoms with van der Waals surface area (Å²) < 4.78 is 1.97. The lowest BCUT2D eigenvalue weighted by Crippen LogP contribution is -2.52. The number of hydrogen-bond acceptors (Lipinski definition) is 7. The first kappa shape index (κ1) is 20.8. The van der Waals surface area contributed by atoms with Crippen molar-refractivity contribution in [3.8, 4) is 0 Å². The van der Waals surface area contributed by atoms with E-state index in [0.29, 0.717) is 37.7 Å². The molecule has 4 heterocycles. The van der Waals surface area contributed by atoms with Gasteiger partial charge in [0.1, 0.15) is 6.04 Å². The van der Waals surface area contributed by atoms with Crippen LogP contribution in [0.5, 0.6) is 0 Å². The van der Waals surface area contributed by atoms with Crippen LogP contribution in [0, 0.1) is 0 Å². The van der Waals surface area contributed by atoms with Crippen LogP contribution in [0.3, 0.4) is 0 Å². The summed E-state index contributed by atoms with van der Waals surface area (Å²) in [6, 6.07) is 5.60. The highest BCUT2D eigenvalue weighted by atomic mass is 16.2. The van der Waals surface area contributed by atoms with E-state index in [-0.39, 0.29) is 24.1 Å². The first-order valence-electron chi connectivity index (χ1n) is 11.2. The van der Waals surface area contributed by atoms with Crippen LogP contribution in [0.25, 0.3) is 0 Å². The molecule has 0 bridgehead atoms. The minimum atomic E-state index is -0.586. The maximum atomic E-state index is 12.8. The van der Waals surface area contributed by atoms with Crippen LogP contribution in [-0.4, -0.2) is 56.7 Å². The Kier molecular flexibility index (Phi) is 5.71. The van der Waals surface area contributed by atoms with E-state index < -0.39 is 6.04 Å². The molecule has 2 saturated heterocycles. The highest BCUT2D eigenvalue weighted by Crippen LogP contribution is 2.28. The van der Waals surface area contributed by atoms with E-state index in [1.807, 2.05) is 29.1 Å². The minimum Gasteiger partial charge on any atom is -0.322 e. The maximum Gasteiger partial charge on any atom is 0.255 e. The number of imide groups is 1. The number of nitrogens with zero attached hydrogens (tertiary/aromatic N) is 4. The zero-order valence-electron chi connectivity index (χ0n) is 17.8. The number of benzene rings is 1. The molecule has 3 amide bonds. The van der Waals surface area contributed by atoms with E-state index in [1.54, 1.807) is 4.90 Å². The van der Waals surface area contributed by atoms with Gasteiger partial charge in [0.15, 0.2) is 0 Å². The first-order chi connectivity index (χ1) is 15.6. The van der Waals surface area contributed by atoms with Crippen molar-refractivity contribution in [3.05, 3.63) is 46.8 Å². The van der Waals surface area contributed by atoms with Gasteiger partial charge in [-0.05, 0) is 49.5 Å². The van der Waals surface area contributed by atoms with E-state index in [0.717, 1.165) is 42.8 Å². The van der Waals surface area contributed by atoms with Gasteiger partial charge in [-0.1, -0.05) is 17.3 Å². The van der Waals surface area contributed by atoms with Gasteiger partial charge < -0.3 is 15.5 Å². The monoisotopic (exact) mass is 437 g/mol. The van der Waals surface area contributed by atoms with Crippen molar-refractivity contribution < 1.29 is 14.4 Å². The van der Waals surface area contributed by atoms with Crippen molar-refractivity contribution in [2.75, 3.05) is 13.1 Å². The number of fused-ring (bicyclic) bond motifs is 1. The summed E-state index contributed by atoms with van der Waals surface area (Å²) in [6.45, 7) is 3.67. The van der Waals surface area contributed by atoms with Crippen molar-refractivity contribution in [1.82, 2.24) is 35.8 Å². The number of amides is 3. The third-order valence-electron chi connectivity index (χ3n) is 6.46. The zero-order chi connectivity index (χ0) is 22.1. The molecule has 0 radical (unpaired) electrons. The Bertz CT molecular complexity index is 1040. The van der Waals surface area contributed by atoms with Crippen LogP contribution >= 0.6 is 0 Å². The number of rotatable bonds is 6. The first-order valence-corrected chi connectivity index (χ1v) is 11.2. The highest BCUT2D eigenvalue weighted by Gasteiger charge is 2.39. The summed E-state index contributed by atoms with van der Waals surface area (Å²) in [7, 11) is 0. The molecule has 3 aliphatic heterocycles. The summed E-state index contributed by atoms with van der Waals surface area (Å²) >= 11 is 0. The lowest BCUT2D eigenvalue weighted by atomic mass is 10.0. The van der Waals surface area contributed by atoms with Gasteiger partial charge in [-0.15, -0.1) is 5.10 Å². The summed E-state index contributed by atoms with van der Waals surface area (Å²) in [5.41, 5.74) is 3.51. The van der Waals surface area contributed by atoms with E-state index in [9.17, 15) is 14.4 Å². The molecule has 2 aromatic rings. The molecule has 3 N–H and O–H groups in total. The number of hydrogen-bond donors (Lipinski definition) is 3. The topological polar surface area (TPSA) is 121 Å². The van der Waals surface area contributed by atoms with Gasteiger partial charge in [0.05, 0.1) is 17.9 Å². The molecule has 1 aromatic heterocycles. The Morgan fingerprint density at radius 2 is 1.94 bits per heavy atom. The van der Waals surface area contributed by atoms with Gasteiger partial charge in [-0.3, -0.25) is 19.7 Å². The molecular weight excluding hydrogens is 410 g/mol. The Balaban J connectivity index is 1.17. The largest absolute Gasteiger partial charge is 0.322 e.